The molecule has 0 radical (unpaired) electrons. The summed E-state index contributed by atoms with van der Waals surface area (Å²) in [5.41, 5.74) is 0.151. The normalized spacial score (nSPS) is 24.4. The zero-order valence-electron chi connectivity index (χ0n) is 8.90. The standard InChI is InChI=1S/C13H14O2/c1-9(2)13(15)8-7-10-5-3-4-6-11(10)12(13)14/h3-9,15H,1-2H3. The summed E-state index contributed by atoms with van der Waals surface area (Å²) in [6.45, 7) is 3.69. The third-order valence-electron chi connectivity index (χ3n) is 2.97. The highest BCUT2D eigenvalue weighted by Gasteiger charge is 2.39. The second kappa shape index (κ2) is 3.31. The molecule has 1 aromatic carbocycles. The van der Waals surface area contributed by atoms with E-state index in [1.54, 1.807) is 12.1 Å². The topological polar surface area (TPSA) is 37.3 Å². The number of hydrogen-bond donors (Lipinski definition) is 1. The van der Waals surface area contributed by atoms with Gasteiger partial charge in [0, 0.05) is 5.56 Å². The quantitative estimate of drug-likeness (QED) is 0.758. The number of carbonyl (C=O) groups excluding carboxylic acids is 1. The summed E-state index contributed by atoms with van der Waals surface area (Å²) in [6.07, 6.45) is 3.42. The largest absolute Gasteiger partial charge is 0.377 e. The van der Waals surface area contributed by atoms with E-state index in [1.807, 2.05) is 38.1 Å². The number of Topliss-reactive ketones (excluding diaryl/α,β-unsaturated/α-hetero) is 1. The predicted molar refractivity (Wildman–Crippen MR) is 59.6 cm³/mol. The molecule has 0 amide bonds. The van der Waals surface area contributed by atoms with E-state index in [9.17, 15) is 9.90 Å². The molecule has 2 nitrogen and oxygen atoms in total. The van der Waals surface area contributed by atoms with Crippen LogP contribution in [0.15, 0.2) is 30.3 Å². The first-order valence-electron chi connectivity index (χ1n) is 5.11. The molecule has 1 aliphatic rings. The summed E-state index contributed by atoms with van der Waals surface area (Å²) in [6, 6.07) is 7.34. The smallest absolute Gasteiger partial charge is 0.199 e. The maximum Gasteiger partial charge on any atom is 0.199 e. The van der Waals surface area contributed by atoms with E-state index < -0.39 is 5.60 Å². The highest BCUT2D eigenvalue weighted by atomic mass is 16.3. The number of benzene rings is 1. The zero-order chi connectivity index (χ0) is 11.1. The minimum atomic E-state index is -1.34. The van der Waals surface area contributed by atoms with Crippen LogP contribution < -0.4 is 0 Å². The molecule has 1 unspecified atom stereocenters. The molecule has 0 aromatic heterocycles. The van der Waals surface area contributed by atoms with Gasteiger partial charge >= 0.3 is 0 Å². The number of aliphatic hydroxyl groups is 1. The summed E-state index contributed by atoms with van der Waals surface area (Å²) in [4.78, 5) is 12.1. The first-order chi connectivity index (χ1) is 7.05. The minimum absolute atomic E-state index is 0.116. The van der Waals surface area contributed by atoms with Crippen LogP contribution in [0.4, 0.5) is 0 Å². The van der Waals surface area contributed by atoms with Crippen molar-refractivity contribution in [2.75, 3.05) is 0 Å². The molecule has 2 heteroatoms. The van der Waals surface area contributed by atoms with E-state index in [0.29, 0.717) is 5.56 Å². The Morgan fingerprint density at radius 1 is 1.27 bits per heavy atom. The van der Waals surface area contributed by atoms with Crippen LogP contribution in [0.25, 0.3) is 6.08 Å². The summed E-state index contributed by atoms with van der Waals surface area (Å²) in [5.74, 6) is -0.315. The van der Waals surface area contributed by atoms with E-state index in [-0.39, 0.29) is 11.7 Å². The van der Waals surface area contributed by atoms with Crippen LogP contribution in [0.2, 0.25) is 0 Å². The van der Waals surface area contributed by atoms with Crippen LogP contribution in [0.1, 0.15) is 29.8 Å². The molecule has 1 atom stereocenters. The van der Waals surface area contributed by atoms with Crippen LogP contribution in [-0.4, -0.2) is 16.5 Å². The van der Waals surface area contributed by atoms with Crippen LogP contribution in [0.3, 0.4) is 0 Å². The lowest BCUT2D eigenvalue weighted by Gasteiger charge is -2.30. The number of carbonyl (C=O) groups is 1. The van der Waals surface area contributed by atoms with Crippen molar-refractivity contribution in [1.82, 2.24) is 0 Å². The molecule has 0 spiro atoms. The van der Waals surface area contributed by atoms with E-state index in [0.717, 1.165) is 5.56 Å². The fourth-order valence-electron chi connectivity index (χ4n) is 1.81. The Hall–Kier alpha value is -1.41. The van der Waals surface area contributed by atoms with Crippen molar-refractivity contribution in [2.24, 2.45) is 5.92 Å². The van der Waals surface area contributed by atoms with Crippen LogP contribution in [0, 0.1) is 5.92 Å². The average molecular weight is 202 g/mol. The average Bonchev–Trinajstić information content (AvgIpc) is 2.24. The summed E-state index contributed by atoms with van der Waals surface area (Å²) in [7, 11) is 0. The van der Waals surface area contributed by atoms with Gasteiger partial charge in [-0.3, -0.25) is 4.79 Å². The van der Waals surface area contributed by atoms with E-state index in [1.165, 1.54) is 0 Å². The van der Waals surface area contributed by atoms with E-state index >= 15 is 0 Å². The number of ketones is 1. The first kappa shape index (κ1) is 10.1. The third kappa shape index (κ3) is 1.41. The molecule has 1 aromatic rings. The van der Waals surface area contributed by atoms with Gasteiger partial charge in [-0.1, -0.05) is 44.2 Å². The van der Waals surface area contributed by atoms with Crippen molar-refractivity contribution in [3.8, 4) is 0 Å². The highest BCUT2D eigenvalue weighted by Crippen LogP contribution is 2.30. The molecule has 0 saturated heterocycles. The second-order valence-corrected chi connectivity index (χ2v) is 4.23. The molecule has 0 heterocycles. The lowest BCUT2D eigenvalue weighted by molar-refractivity contribution is 0.0333. The Balaban J connectivity index is 2.55. The van der Waals surface area contributed by atoms with Crippen molar-refractivity contribution in [3.63, 3.8) is 0 Å². The van der Waals surface area contributed by atoms with Crippen molar-refractivity contribution in [3.05, 3.63) is 41.5 Å². The fourth-order valence-corrected chi connectivity index (χ4v) is 1.81. The number of fused-ring (bicyclic) bond motifs is 1. The number of rotatable bonds is 1. The Morgan fingerprint density at radius 2 is 1.93 bits per heavy atom. The molecule has 0 saturated carbocycles. The van der Waals surface area contributed by atoms with E-state index in [4.69, 9.17) is 0 Å². The van der Waals surface area contributed by atoms with Gasteiger partial charge in [-0.05, 0) is 17.6 Å². The minimum Gasteiger partial charge on any atom is -0.377 e. The van der Waals surface area contributed by atoms with Gasteiger partial charge in [0.15, 0.2) is 5.78 Å². The first-order valence-corrected chi connectivity index (χ1v) is 5.11. The fraction of sp³-hybridized carbons (Fsp3) is 0.308. The predicted octanol–water partition coefficient (Wildman–Crippen LogP) is 2.28. The van der Waals surface area contributed by atoms with Crippen LogP contribution in [-0.2, 0) is 0 Å². The van der Waals surface area contributed by atoms with Crippen molar-refractivity contribution >= 4 is 11.9 Å². The Labute approximate surface area is 89.2 Å². The monoisotopic (exact) mass is 202 g/mol. The molecular formula is C13H14O2. The zero-order valence-corrected chi connectivity index (χ0v) is 8.90. The SMILES string of the molecule is CC(C)C1(O)C=Cc2ccccc2C1=O. The maximum absolute atomic E-state index is 12.1. The number of hydrogen-bond acceptors (Lipinski definition) is 2. The molecular weight excluding hydrogens is 188 g/mol. The molecule has 2 rings (SSSR count). The molecule has 0 bridgehead atoms. The Bertz CT molecular complexity index is 432. The summed E-state index contributed by atoms with van der Waals surface area (Å²) >= 11 is 0. The van der Waals surface area contributed by atoms with Gasteiger partial charge in [-0.25, -0.2) is 0 Å². The van der Waals surface area contributed by atoms with Gasteiger partial charge in [-0.15, -0.1) is 0 Å². The Kier molecular flexibility index (Phi) is 2.24. The summed E-state index contributed by atoms with van der Waals surface area (Å²) < 4.78 is 0. The molecule has 1 aliphatic carbocycles. The van der Waals surface area contributed by atoms with Crippen LogP contribution in [0.5, 0.6) is 0 Å². The van der Waals surface area contributed by atoms with Gasteiger partial charge in [0.1, 0.15) is 5.60 Å². The molecule has 0 fully saturated rings. The molecule has 15 heavy (non-hydrogen) atoms. The van der Waals surface area contributed by atoms with Gasteiger partial charge in [0.25, 0.3) is 0 Å². The molecule has 1 N–H and O–H groups in total. The van der Waals surface area contributed by atoms with Gasteiger partial charge < -0.3 is 5.11 Å². The van der Waals surface area contributed by atoms with Gasteiger partial charge in [-0.2, -0.15) is 0 Å². The van der Waals surface area contributed by atoms with Crippen molar-refractivity contribution in [1.29, 1.82) is 0 Å². The third-order valence-corrected chi connectivity index (χ3v) is 2.97. The molecule has 78 valence electrons. The van der Waals surface area contributed by atoms with Crippen LogP contribution >= 0.6 is 0 Å². The van der Waals surface area contributed by atoms with Gasteiger partial charge in [0.05, 0.1) is 0 Å². The lowest BCUT2D eigenvalue weighted by Crippen LogP contribution is -2.43. The summed E-state index contributed by atoms with van der Waals surface area (Å²) in [5, 5.41) is 10.2. The van der Waals surface area contributed by atoms with Crippen molar-refractivity contribution < 1.29 is 9.90 Å². The highest BCUT2D eigenvalue weighted by molar-refractivity contribution is 6.09. The lowest BCUT2D eigenvalue weighted by atomic mass is 9.78. The molecule has 0 aliphatic heterocycles. The maximum atomic E-state index is 12.1. The van der Waals surface area contributed by atoms with Crippen molar-refractivity contribution in [2.45, 2.75) is 19.4 Å². The van der Waals surface area contributed by atoms with Gasteiger partial charge in [0.2, 0.25) is 0 Å². The second-order valence-electron chi connectivity index (χ2n) is 4.23. The Morgan fingerprint density at radius 3 is 2.60 bits per heavy atom. The van der Waals surface area contributed by atoms with E-state index in [2.05, 4.69) is 0 Å².